The second kappa shape index (κ2) is 6.40. The predicted octanol–water partition coefficient (Wildman–Crippen LogP) is 4.22. The van der Waals surface area contributed by atoms with Crippen molar-refractivity contribution >= 4 is 0 Å². The van der Waals surface area contributed by atoms with Crippen molar-refractivity contribution in [1.82, 2.24) is 10.3 Å². The summed E-state index contributed by atoms with van der Waals surface area (Å²) < 4.78 is 0. The average Bonchev–Trinajstić information content (AvgIpc) is 2.48. The van der Waals surface area contributed by atoms with E-state index in [1.54, 1.807) is 0 Å². The SMILES string of the molecule is CCc1cccnc1C(NC)c1ccccc1C1CCC1. The quantitative estimate of drug-likeness (QED) is 0.887. The molecule has 1 aromatic heterocycles. The molecule has 2 nitrogen and oxygen atoms in total. The molecule has 2 heteroatoms. The van der Waals surface area contributed by atoms with Crippen LogP contribution in [0.4, 0.5) is 0 Å². The van der Waals surface area contributed by atoms with Crippen molar-refractivity contribution in [3.05, 3.63) is 65.0 Å². The molecule has 2 aromatic rings. The number of nitrogens with zero attached hydrogens (tertiary/aromatic N) is 1. The Morgan fingerprint density at radius 2 is 2.00 bits per heavy atom. The number of aromatic nitrogens is 1. The van der Waals surface area contributed by atoms with Gasteiger partial charge in [-0.15, -0.1) is 0 Å². The van der Waals surface area contributed by atoms with Crippen molar-refractivity contribution in [1.29, 1.82) is 0 Å². The summed E-state index contributed by atoms with van der Waals surface area (Å²) in [6, 6.07) is 13.3. The van der Waals surface area contributed by atoms with Gasteiger partial charge in [-0.3, -0.25) is 4.98 Å². The zero-order valence-corrected chi connectivity index (χ0v) is 13.0. The predicted molar refractivity (Wildman–Crippen MR) is 87.6 cm³/mol. The van der Waals surface area contributed by atoms with E-state index in [1.807, 2.05) is 19.3 Å². The lowest BCUT2D eigenvalue weighted by Gasteiger charge is -2.30. The Morgan fingerprint density at radius 1 is 1.19 bits per heavy atom. The molecule has 1 saturated carbocycles. The third-order valence-electron chi connectivity index (χ3n) is 4.72. The number of aryl methyl sites for hydroxylation is 1. The highest BCUT2D eigenvalue weighted by Gasteiger charge is 2.26. The summed E-state index contributed by atoms with van der Waals surface area (Å²) in [6.45, 7) is 2.20. The number of rotatable bonds is 5. The Morgan fingerprint density at radius 3 is 2.67 bits per heavy atom. The van der Waals surface area contributed by atoms with Crippen LogP contribution >= 0.6 is 0 Å². The van der Waals surface area contributed by atoms with Crippen LogP contribution in [0.15, 0.2) is 42.6 Å². The third-order valence-corrected chi connectivity index (χ3v) is 4.72. The summed E-state index contributed by atoms with van der Waals surface area (Å²) in [5.74, 6) is 0.742. The van der Waals surface area contributed by atoms with E-state index in [0.29, 0.717) is 0 Å². The largest absolute Gasteiger partial charge is 0.308 e. The van der Waals surface area contributed by atoms with Crippen LogP contribution in [0.5, 0.6) is 0 Å². The van der Waals surface area contributed by atoms with E-state index in [9.17, 15) is 0 Å². The molecule has 1 atom stereocenters. The van der Waals surface area contributed by atoms with Gasteiger partial charge in [0.15, 0.2) is 0 Å². The van der Waals surface area contributed by atoms with Gasteiger partial charge in [-0.25, -0.2) is 0 Å². The van der Waals surface area contributed by atoms with E-state index in [1.165, 1.54) is 41.6 Å². The van der Waals surface area contributed by atoms with Crippen LogP contribution in [0, 0.1) is 0 Å². The van der Waals surface area contributed by atoms with Crippen molar-refractivity contribution in [3.63, 3.8) is 0 Å². The van der Waals surface area contributed by atoms with E-state index >= 15 is 0 Å². The summed E-state index contributed by atoms with van der Waals surface area (Å²) in [4.78, 5) is 4.68. The molecule has 21 heavy (non-hydrogen) atoms. The van der Waals surface area contributed by atoms with Crippen LogP contribution in [0.25, 0.3) is 0 Å². The first-order valence-electron chi connectivity index (χ1n) is 8.05. The van der Waals surface area contributed by atoms with Crippen LogP contribution in [-0.2, 0) is 6.42 Å². The number of hydrogen-bond acceptors (Lipinski definition) is 2. The highest BCUT2D eigenvalue weighted by molar-refractivity contribution is 5.40. The number of pyridine rings is 1. The van der Waals surface area contributed by atoms with Crippen LogP contribution in [0.1, 0.15) is 60.5 Å². The minimum absolute atomic E-state index is 0.193. The maximum atomic E-state index is 4.68. The Kier molecular flexibility index (Phi) is 4.35. The molecule has 1 aromatic carbocycles. The molecular formula is C19H24N2. The highest BCUT2D eigenvalue weighted by Crippen LogP contribution is 2.40. The fourth-order valence-electron chi connectivity index (χ4n) is 3.31. The molecule has 1 aliphatic rings. The van der Waals surface area contributed by atoms with Crippen LogP contribution in [-0.4, -0.2) is 12.0 Å². The van der Waals surface area contributed by atoms with Gasteiger partial charge >= 0.3 is 0 Å². The summed E-state index contributed by atoms with van der Waals surface area (Å²) in [7, 11) is 2.04. The Hall–Kier alpha value is -1.67. The maximum Gasteiger partial charge on any atom is 0.0754 e. The zero-order chi connectivity index (χ0) is 14.7. The lowest BCUT2D eigenvalue weighted by Crippen LogP contribution is -2.23. The van der Waals surface area contributed by atoms with Gasteiger partial charge in [-0.05, 0) is 55.0 Å². The monoisotopic (exact) mass is 280 g/mol. The number of hydrogen-bond donors (Lipinski definition) is 1. The van der Waals surface area contributed by atoms with Crippen LogP contribution < -0.4 is 5.32 Å². The van der Waals surface area contributed by atoms with E-state index < -0.39 is 0 Å². The van der Waals surface area contributed by atoms with Crippen molar-refractivity contribution in [2.45, 2.75) is 44.6 Å². The standard InChI is InChI=1S/C19H24N2/c1-3-14-10-7-13-21-18(14)19(20-2)17-12-5-4-11-16(17)15-8-6-9-15/h4-5,7,10-13,15,19-20H,3,6,8-9H2,1-2H3. The van der Waals surface area contributed by atoms with Gasteiger partial charge in [0, 0.05) is 6.20 Å². The smallest absolute Gasteiger partial charge is 0.0754 e. The van der Waals surface area contributed by atoms with Crippen molar-refractivity contribution in [2.75, 3.05) is 7.05 Å². The second-order valence-electron chi connectivity index (χ2n) is 5.88. The highest BCUT2D eigenvalue weighted by atomic mass is 14.9. The summed E-state index contributed by atoms with van der Waals surface area (Å²) >= 11 is 0. The molecule has 1 fully saturated rings. The fourth-order valence-corrected chi connectivity index (χ4v) is 3.31. The Bertz CT molecular complexity index is 602. The van der Waals surface area contributed by atoms with E-state index in [2.05, 4.69) is 47.6 Å². The molecular weight excluding hydrogens is 256 g/mol. The minimum Gasteiger partial charge on any atom is -0.308 e. The molecule has 0 bridgehead atoms. The topological polar surface area (TPSA) is 24.9 Å². The molecule has 1 aliphatic carbocycles. The minimum atomic E-state index is 0.193. The first kappa shape index (κ1) is 14.3. The molecule has 0 aliphatic heterocycles. The molecule has 3 rings (SSSR count). The first-order chi connectivity index (χ1) is 10.3. The van der Waals surface area contributed by atoms with Gasteiger partial charge in [-0.1, -0.05) is 43.7 Å². The van der Waals surface area contributed by atoms with Crippen molar-refractivity contribution < 1.29 is 0 Å². The molecule has 1 unspecified atom stereocenters. The van der Waals surface area contributed by atoms with Gasteiger partial charge in [-0.2, -0.15) is 0 Å². The third kappa shape index (κ3) is 2.73. The number of benzene rings is 1. The molecule has 1 N–H and O–H groups in total. The fraction of sp³-hybridized carbons (Fsp3) is 0.421. The summed E-state index contributed by atoms with van der Waals surface area (Å²) in [5.41, 5.74) is 5.42. The molecule has 110 valence electrons. The second-order valence-corrected chi connectivity index (χ2v) is 5.88. The molecule has 0 spiro atoms. The lowest BCUT2D eigenvalue weighted by molar-refractivity contribution is 0.414. The zero-order valence-electron chi connectivity index (χ0n) is 13.0. The van der Waals surface area contributed by atoms with E-state index in [4.69, 9.17) is 0 Å². The van der Waals surface area contributed by atoms with E-state index in [0.717, 1.165) is 12.3 Å². The van der Waals surface area contributed by atoms with Gasteiger partial charge in [0.25, 0.3) is 0 Å². The van der Waals surface area contributed by atoms with Crippen molar-refractivity contribution in [2.24, 2.45) is 0 Å². The molecule has 1 heterocycles. The van der Waals surface area contributed by atoms with Gasteiger partial charge < -0.3 is 5.32 Å². The summed E-state index contributed by atoms with van der Waals surface area (Å²) in [6.07, 6.45) is 6.96. The van der Waals surface area contributed by atoms with Gasteiger partial charge in [0.1, 0.15) is 0 Å². The Labute approximate surface area is 127 Å². The maximum absolute atomic E-state index is 4.68. The number of nitrogens with one attached hydrogen (secondary N) is 1. The van der Waals surface area contributed by atoms with Crippen molar-refractivity contribution in [3.8, 4) is 0 Å². The van der Waals surface area contributed by atoms with Crippen LogP contribution in [0.2, 0.25) is 0 Å². The lowest BCUT2D eigenvalue weighted by atomic mass is 9.76. The van der Waals surface area contributed by atoms with Gasteiger partial charge in [0.05, 0.1) is 11.7 Å². The van der Waals surface area contributed by atoms with E-state index in [-0.39, 0.29) is 6.04 Å². The normalized spacial score (nSPS) is 16.5. The first-order valence-corrected chi connectivity index (χ1v) is 8.05. The molecule has 0 amide bonds. The van der Waals surface area contributed by atoms with Crippen LogP contribution in [0.3, 0.4) is 0 Å². The average molecular weight is 280 g/mol. The summed E-state index contributed by atoms with van der Waals surface area (Å²) in [5, 5.41) is 3.49. The van der Waals surface area contributed by atoms with Gasteiger partial charge in [0.2, 0.25) is 0 Å². The Balaban J connectivity index is 2.04. The molecule has 0 radical (unpaired) electrons. The molecule has 0 saturated heterocycles.